The van der Waals surface area contributed by atoms with Gasteiger partial charge in [-0.05, 0) is 43.7 Å². The molecule has 2 aliphatic rings. The lowest BCUT2D eigenvalue weighted by Gasteiger charge is -2.16. The van der Waals surface area contributed by atoms with Crippen molar-refractivity contribution in [3.63, 3.8) is 0 Å². The van der Waals surface area contributed by atoms with Crippen LogP contribution in [0.2, 0.25) is 0 Å². The smallest absolute Gasteiger partial charge is 0.160 e. The summed E-state index contributed by atoms with van der Waals surface area (Å²) in [5.74, 6) is 2.56. The Morgan fingerprint density at radius 3 is 3.20 bits per heavy atom. The van der Waals surface area contributed by atoms with Crippen LogP contribution in [-0.2, 0) is 6.42 Å². The van der Waals surface area contributed by atoms with Crippen molar-refractivity contribution < 1.29 is 0 Å². The van der Waals surface area contributed by atoms with Gasteiger partial charge in [-0.1, -0.05) is 0 Å². The van der Waals surface area contributed by atoms with Gasteiger partial charge >= 0.3 is 0 Å². The standard InChI is InChI=1S/C15H20N4S/c1-4-13-15(17-6-1)19(11-5-7-16-10-11)14(18-13)9-12-3-2-8-20-12/h1,4,6,11-12,16H,2-3,5,7-10H2. The van der Waals surface area contributed by atoms with Crippen LogP contribution in [0.15, 0.2) is 18.3 Å². The minimum Gasteiger partial charge on any atom is -0.315 e. The SMILES string of the molecule is c1cnc2c(c1)nc(CC1CCCS1)n2C1CCNC1. The van der Waals surface area contributed by atoms with E-state index < -0.39 is 0 Å². The van der Waals surface area contributed by atoms with E-state index in [1.54, 1.807) is 0 Å². The normalized spacial score (nSPS) is 26.6. The fraction of sp³-hybridized carbons (Fsp3) is 0.600. The maximum Gasteiger partial charge on any atom is 0.160 e. The van der Waals surface area contributed by atoms with Crippen molar-refractivity contribution in [1.82, 2.24) is 19.9 Å². The number of thioether (sulfide) groups is 1. The quantitative estimate of drug-likeness (QED) is 0.942. The molecule has 0 bridgehead atoms. The van der Waals surface area contributed by atoms with E-state index in [9.17, 15) is 0 Å². The van der Waals surface area contributed by atoms with Crippen LogP contribution >= 0.6 is 11.8 Å². The fourth-order valence-corrected chi connectivity index (χ4v) is 4.64. The van der Waals surface area contributed by atoms with E-state index in [2.05, 4.69) is 32.7 Å². The molecule has 1 N–H and O–H groups in total. The predicted octanol–water partition coefficient (Wildman–Crippen LogP) is 2.40. The van der Waals surface area contributed by atoms with Gasteiger partial charge in [-0.3, -0.25) is 0 Å². The third kappa shape index (κ3) is 2.23. The van der Waals surface area contributed by atoms with Crippen LogP contribution < -0.4 is 5.32 Å². The number of fused-ring (bicyclic) bond motifs is 1. The molecule has 0 aliphatic carbocycles. The molecule has 5 heteroatoms. The van der Waals surface area contributed by atoms with Gasteiger partial charge in [0, 0.05) is 24.4 Å². The number of hydrogen-bond donors (Lipinski definition) is 1. The molecule has 0 spiro atoms. The highest BCUT2D eigenvalue weighted by Crippen LogP contribution is 2.31. The van der Waals surface area contributed by atoms with Crippen molar-refractivity contribution in [2.75, 3.05) is 18.8 Å². The van der Waals surface area contributed by atoms with Crippen molar-refractivity contribution in [2.24, 2.45) is 0 Å². The number of hydrogen-bond acceptors (Lipinski definition) is 4. The Balaban J connectivity index is 1.74. The van der Waals surface area contributed by atoms with E-state index in [4.69, 9.17) is 4.98 Å². The van der Waals surface area contributed by atoms with Crippen LogP contribution in [0.3, 0.4) is 0 Å². The zero-order valence-corrected chi connectivity index (χ0v) is 12.4. The molecular formula is C15H20N4S. The van der Waals surface area contributed by atoms with Crippen LogP contribution in [0, 0.1) is 0 Å². The van der Waals surface area contributed by atoms with Crippen LogP contribution in [0.25, 0.3) is 11.2 Å². The summed E-state index contributed by atoms with van der Waals surface area (Å²) in [6.07, 6.45) is 6.87. The number of imidazole rings is 1. The maximum atomic E-state index is 4.88. The van der Waals surface area contributed by atoms with Crippen molar-refractivity contribution in [3.05, 3.63) is 24.2 Å². The highest BCUT2D eigenvalue weighted by Gasteiger charge is 2.25. The number of aromatic nitrogens is 3. The first-order valence-corrected chi connectivity index (χ1v) is 8.61. The number of pyridine rings is 1. The lowest BCUT2D eigenvalue weighted by molar-refractivity contribution is 0.529. The fourth-order valence-electron chi connectivity index (χ4n) is 3.37. The van der Waals surface area contributed by atoms with Gasteiger partial charge in [0.05, 0.1) is 6.04 Å². The van der Waals surface area contributed by atoms with Crippen molar-refractivity contribution in [3.8, 4) is 0 Å². The molecule has 0 radical (unpaired) electrons. The molecule has 2 unspecified atom stereocenters. The summed E-state index contributed by atoms with van der Waals surface area (Å²) >= 11 is 2.11. The molecule has 20 heavy (non-hydrogen) atoms. The summed E-state index contributed by atoms with van der Waals surface area (Å²) < 4.78 is 2.41. The molecule has 4 nitrogen and oxygen atoms in total. The molecule has 2 atom stereocenters. The highest BCUT2D eigenvalue weighted by molar-refractivity contribution is 8.00. The monoisotopic (exact) mass is 288 g/mol. The Morgan fingerprint density at radius 2 is 2.40 bits per heavy atom. The van der Waals surface area contributed by atoms with E-state index in [0.717, 1.165) is 35.9 Å². The van der Waals surface area contributed by atoms with Gasteiger partial charge in [-0.25, -0.2) is 9.97 Å². The van der Waals surface area contributed by atoms with Crippen molar-refractivity contribution in [1.29, 1.82) is 0 Å². The first kappa shape index (κ1) is 12.7. The minimum absolute atomic E-state index is 0.524. The predicted molar refractivity (Wildman–Crippen MR) is 83.2 cm³/mol. The molecule has 0 aromatic carbocycles. The average Bonchev–Trinajstić information content (AvgIpc) is 3.18. The van der Waals surface area contributed by atoms with Gasteiger partial charge in [-0.2, -0.15) is 11.8 Å². The molecule has 0 amide bonds. The average molecular weight is 288 g/mol. The Bertz CT molecular complexity index is 597. The number of rotatable bonds is 3. The van der Waals surface area contributed by atoms with Gasteiger partial charge < -0.3 is 9.88 Å². The Hall–Kier alpha value is -1.07. The molecule has 2 aliphatic heterocycles. The van der Waals surface area contributed by atoms with Gasteiger partial charge in [0.2, 0.25) is 0 Å². The molecule has 4 heterocycles. The Kier molecular flexibility index (Phi) is 3.40. The first-order valence-electron chi connectivity index (χ1n) is 7.56. The van der Waals surface area contributed by atoms with Gasteiger partial charge in [-0.15, -0.1) is 0 Å². The minimum atomic E-state index is 0.524. The van der Waals surface area contributed by atoms with Crippen LogP contribution in [0.1, 0.15) is 31.1 Å². The molecule has 2 saturated heterocycles. The Labute approximate surface area is 123 Å². The summed E-state index contributed by atoms with van der Waals surface area (Å²) in [5, 5.41) is 4.21. The van der Waals surface area contributed by atoms with Gasteiger partial charge in [0.1, 0.15) is 11.3 Å². The third-order valence-electron chi connectivity index (χ3n) is 4.36. The largest absolute Gasteiger partial charge is 0.315 e. The molecule has 2 aromatic rings. The summed E-state index contributed by atoms with van der Waals surface area (Å²) in [5.41, 5.74) is 2.12. The maximum absolute atomic E-state index is 4.88. The third-order valence-corrected chi connectivity index (χ3v) is 5.75. The van der Waals surface area contributed by atoms with Crippen LogP contribution in [0.5, 0.6) is 0 Å². The van der Waals surface area contributed by atoms with Crippen LogP contribution in [0.4, 0.5) is 0 Å². The zero-order valence-electron chi connectivity index (χ0n) is 11.6. The summed E-state index contributed by atoms with van der Waals surface area (Å²) in [4.78, 5) is 9.47. The zero-order chi connectivity index (χ0) is 13.4. The van der Waals surface area contributed by atoms with E-state index in [0.29, 0.717) is 6.04 Å². The molecule has 2 aromatic heterocycles. The van der Waals surface area contributed by atoms with Crippen molar-refractivity contribution in [2.45, 2.75) is 37.0 Å². The second-order valence-electron chi connectivity index (χ2n) is 5.73. The van der Waals surface area contributed by atoms with Gasteiger partial charge in [0.15, 0.2) is 5.65 Å². The molecule has 0 saturated carbocycles. The Morgan fingerprint density at radius 1 is 1.40 bits per heavy atom. The molecule has 2 fully saturated rings. The second-order valence-corrected chi connectivity index (χ2v) is 7.14. The summed E-state index contributed by atoms with van der Waals surface area (Å²) in [6.45, 7) is 2.15. The van der Waals surface area contributed by atoms with Crippen LogP contribution in [-0.4, -0.2) is 38.6 Å². The summed E-state index contributed by atoms with van der Waals surface area (Å²) in [7, 11) is 0. The topological polar surface area (TPSA) is 42.7 Å². The van der Waals surface area contributed by atoms with Gasteiger partial charge in [0.25, 0.3) is 0 Å². The lowest BCUT2D eigenvalue weighted by atomic mass is 10.2. The summed E-state index contributed by atoms with van der Waals surface area (Å²) in [6, 6.07) is 4.60. The highest BCUT2D eigenvalue weighted by atomic mass is 32.2. The van der Waals surface area contributed by atoms with Crippen molar-refractivity contribution >= 4 is 22.9 Å². The number of nitrogens with zero attached hydrogens (tertiary/aromatic N) is 3. The van der Waals surface area contributed by atoms with E-state index in [1.807, 2.05) is 12.3 Å². The van der Waals surface area contributed by atoms with E-state index in [1.165, 1.54) is 30.8 Å². The molecule has 4 rings (SSSR count). The van der Waals surface area contributed by atoms with E-state index in [-0.39, 0.29) is 0 Å². The number of nitrogens with one attached hydrogen (secondary N) is 1. The second kappa shape index (κ2) is 5.37. The van der Waals surface area contributed by atoms with E-state index >= 15 is 0 Å². The first-order chi connectivity index (χ1) is 9.92. The lowest BCUT2D eigenvalue weighted by Crippen LogP contribution is -2.18. The molecular weight excluding hydrogens is 268 g/mol. The molecule has 106 valence electrons.